The first kappa shape index (κ1) is 107. The number of alkyl halides is 22. The Labute approximate surface area is 769 Å². The number of nitrogens with zero attached hydrogens (tertiary/aromatic N) is 8. The fourth-order valence-electron chi connectivity index (χ4n) is 13.1. The first-order valence-corrected chi connectivity index (χ1v) is 39.4. The summed E-state index contributed by atoms with van der Waals surface area (Å²) in [6, 6.07) is -14.5. The molecule has 0 saturated carbocycles. The van der Waals surface area contributed by atoms with Gasteiger partial charge in [-0.3, -0.25) is 48.2 Å². The van der Waals surface area contributed by atoms with E-state index in [1.807, 2.05) is 0 Å². The van der Waals surface area contributed by atoms with Gasteiger partial charge < -0.3 is 0 Å². The lowest BCUT2D eigenvalue weighted by atomic mass is 10.0. The van der Waals surface area contributed by atoms with Crippen LogP contribution < -0.4 is 0 Å². The van der Waals surface area contributed by atoms with Crippen LogP contribution in [0.3, 0.4) is 0 Å². The fraction of sp³-hybridized carbons (Fsp3) is 0.268. The lowest BCUT2D eigenvalue weighted by Crippen LogP contribution is -2.65. The molecule has 0 radical (unpaired) electrons. The van der Waals surface area contributed by atoms with Crippen LogP contribution in [0.15, 0.2) is 164 Å². The quantitative estimate of drug-likeness (QED) is 0.0312. The van der Waals surface area contributed by atoms with E-state index >= 15 is 0 Å². The highest BCUT2D eigenvalue weighted by Gasteiger charge is 2.62. The van der Waals surface area contributed by atoms with E-state index in [0.29, 0.717) is 66.7 Å². The van der Waals surface area contributed by atoms with Gasteiger partial charge in [-0.25, -0.2) is 70.5 Å². The van der Waals surface area contributed by atoms with Crippen molar-refractivity contribution in [2.75, 3.05) is 13.1 Å². The number of rotatable bonds is 24. The molecule has 722 valence electrons. The van der Waals surface area contributed by atoms with Gasteiger partial charge in [0.05, 0.1) is 72.8 Å². The van der Waals surface area contributed by atoms with Crippen LogP contribution in [0.4, 0.5) is 138 Å². The molecule has 20 nitrogen and oxygen atoms in total. The molecule has 0 aromatic heterocycles. The van der Waals surface area contributed by atoms with Gasteiger partial charge >= 0.3 is 72.8 Å². The summed E-state index contributed by atoms with van der Waals surface area (Å²) in [4.78, 5) is 142. The van der Waals surface area contributed by atoms with E-state index in [4.69, 9.17) is 69.6 Å². The van der Waals surface area contributed by atoms with E-state index in [2.05, 4.69) is 0 Å². The summed E-state index contributed by atoms with van der Waals surface area (Å²) >= 11 is 33.5. The topological polar surface area (TPSA) is 231 Å². The molecular formula is C82H51Cl6F27N8O12. The predicted molar refractivity (Wildman–Crippen MR) is 416 cm³/mol. The molecule has 12 rings (SSSR count). The maximum atomic E-state index is 14.9. The normalized spacial score (nSPS) is 15.6. The number of barbiturate groups is 4. The van der Waals surface area contributed by atoms with E-state index in [1.54, 1.807) is 0 Å². The second kappa shape index (κ2) is 40.5. The zero-order valence-electron chi connectivity index (χ0n) is 66.5. The van der Waals surface area contributed by atoms with Crippen LogP contribution in [0.2, 0.25) is 30.1 Å². The molecule has 0 unspecified atom stereocenters. The Morgan fingerprint density at radius 1 is 0.237 bits per heavy atom. The zero-order valence-corrected chi connectivity index (χ0v) is 71.1. The van der Waals surface area contributed by atoms with Crippen LogP contribution in [0.25, 0.3) is 0 Å². The maximum absolute atomic E-state index is 14.9. The third-order valence-electron chi connectivity index (χ3n) is 19.0. The SMILES string of the molecule is O=C1CC(=O)N(C(F)(F)Cc2cc(F)cc(Cl)c2)C(=O)N1C(F)(F)Cc1cc(F)cc(Cl)c1.O=C1CC(=O)N(C(F)(F)Cc2cc(F)cc(Cl)c2)C(=O)N1C(F)(F)Cc1ccc(C(F)(F)F)cc1.O=C1CC(=O)N(C(F)(F)Cc2ccc(F)c(Cl)c2)C(=O)N1C(F)(F)Cc1ccc(F)c(Cl)c1.O=C1CC(=O)N(CC(F)(F)c2cccc(Cl)c2)C(=O)N1CC(F)(F)c1ccc(C(F)(F)F)cc1. The Morgan fingerprint density at radius 2 is 0.489 bits per heavy atom. The number of carbonyl (C=O) groups is 12. The average molecular weight is 2070 g/mol. The Hall–Kier alpha value is -12.0. The molecule has 0 bridgehead atoms. The van der Waals surface area contributed by atoms with Gasteiger partial charge in [-0.15, -0.1) is 0 Å². The first-order chi connectivity index (χ1) is 62.0. The van der Waals surface area contributed by atoms with Crippen LogP contribution >= 0.6 is 69.6 Å². The number of hydrogen-bond donors (Lipinski definition) is 0. The summed E-state index contributed by atoms with van der Waals surface area (Å²) in [5.74, 6) is -25.7. The molecular weight excluding hydrogens is 2010 g/mol. The highest BCUT2D eigenvalue weighted by Crippen LogP contribution is 2.44. The smallest absolute Gasteiger partial charge is 0.274 e. The van der Waals surface area contributed by atoms with Crippen molar-refractivity contribution < 1.29 is 176 Å². The molecule has 135 heavy (non-hydrogen) atoms. The number of hydrogen-bond acceptors (Lipinski definition) is 12. The van der Waals surface area contributed by atoms with Crippen LogP contribution in [0.1, 0.15) is 81.3 Å². The van der Waals surface area contributed by atoms with Crippen LogP contribution in [-0.4, -0.2) is 160 Å². The first-order valence-electron chi connectivity index (χ1n) is 37.2. The minimum Gasteiger partial charge on any atom is -0.274 e. The predicted octanol–water partition coefficient (Wildman–Crippen LogP) is 21.9. The molecule has 4 aliphatic heterocycles. The summed E-state index contributed by atoms with van der Waals surface area (Å²) in [7, 11) is 0. The lowest BCUT2D eigenvalue weighted by Gasteiger charge is -2.39. The highest BCUT2D eigenvalue weighted by molar-refractivity contribution is 6.32. The van der Waals surface area contributed by atoms with Crippen molar-refractivity contribution in [2.45, 2.75) is 125 Å². The van der Waals surface area contributed by atoms with Crippen LogP contribution in [-0.2, 0) is 101 Å². The van der Waals surface area contributed by atoms with Crippen LogP contribution in [0.5, 0.6) is 0 Å². The van der Waals surface area contributed by atoms with E-state index in [-0.39, 0.29) is 41.0 Å². The Morgan fingerprint density at radius 3 is 0.763 bits per heavy atom. The van der Waals surface area contributed by atoms with E-state index in [1.165, 1.54) is 12.1 Å². The maximum Gasteiger partial charge on any atom is 0.416 e. The molecule has 4 heterocycles. The van der Waals surface area contributed by atoms with Gasteiger partial charge in [0.1, 0.15) is 54.8 Å². The van der Waals surface area contributed by atoms with E-state index in [9.17, 15) is 176 Å². The minimum atomic E-state index is -4.78. The molecule has 16 amide bonds. The molecule has 8 aromatic carbocycles. The highest BCUT2D eigenvalue weighted by atomic mass is 35.5. The third kappa shape index (κ3) is 26.0. The van der Waals surface area contributed by atoms with Crippen molar-refractivity contribution in [1.29, 1.82) is 0 Å². The lowest BCUT2D eigenvalue weighted by molar-refractivity contribution is -0.193. The number of urea groups is 4. The minimum absolute atomic E-state index is 0.0227. The van der Waals surface area contributed by atoms with Crippen molar-refractivity contribution in [1.82, 2.24) is 39.2 Å². The van der Waals surface area contributed by atoms with E-state index in [0.717, 1.165) is 84.9 Å². The van der Waals surface area contributed by atoms with Gasteiger partial charge in [-0.2, -0.15) is 96.6 Å². The number of benzene rings is 8. The van der Waals surface area contributed by atoms with Gasteiger partial charge in [0, 0.05) is 31.2 Å². The monoisotopic (exact) mass is 2060 g/mol. The summed E-state index contributed by atoms with van der Waals surface area (Å²) in [6.07, 6.45) is -23.7. The Kier molecular flexibility index (Phi) is 32.0. The van der Waals surface area contributed by atoms with Crippen molar-refractivity contribution in [3.05, 3.63) is 279 Å². The van der Waals surface area contributed by atoms with Crippen molar-refractivity contribution in [3.8, 4) is 0 Å². The number of halogens is 33. The largest absolute Gasteiger partial charge is 0.416 e. The number of amides is 16. The van der Waals surface area contributed by atoms with Crippen molar-refractivity contribution >= 4 is 141 Å². The molecule has 4 saturated heterocycles. The number of carbonyl (C=O) groups excluding carboxylic acids is 12. The molecule has 53 heteroatoms. The van der Waals surface area contributed by atoms with Gasteiger partial charge in [-0.1, -0.05) is 118 Å². The van der Waals surface area contributed by atoms with Crippen LogP contribution in [0, 0.1) is 29.1 Å². The molecule has 8 aromatic rings. The summed E-state index contributed by atoms with van der Waals surface area (Å²) in [6.45, 7) is -3.21. The second-order valence-corrected chi connectivity index (χ2v) is 31.8. The van der Waals surface area contributed by atoms with E-state index < -0.39 is 322 Å². The Bertz CT molecular complexity index is 5770. The molecule has 0 spiro atoms. The Balaban J connectivity index is 0.000000202. The molecule has 0 atom stereocenters. The van der Waals surface area contributed by atoms with Crippen molar-refractivity contribution in [2.24, 2.45) is 0 Å². The number of imide groups is 8. The molecule has 4 fully saturated rings. The summed E-state index contributed by atoms with van der Waals surface area (Å²) in [5.41, 5.74) is -6.35. The second-order valence-electron chi connectivity index (χ2n) is 29.2. The van der Waals surface area contributed by atoms with Gasteiger partial charge in [0.15, 0.2) is 0 Å². The standard InChI is InChI=1S/C21H13ClF8N2O3.C21H14ClF7N2O3.2C20H12Cl2F6N2O3/c22-14-5-12(6-15(23)7-14)10-20(26,27)32-17(34)8-16(33)31(18(32)35)19(24,25)9-11-1-3-13(4-2-11)21(28,29)30;22-15-3-1-2-14(8-15)20(25,26)11-31-17(33)9-16(32)30(18(31)34)10-19(23,24)12-4-6-13(7-5-12)21(27,28)29;21-12-1-10(3-14(23)5-12)8-19(25,26)29-16(31)7-17(32)30(18(29)33)20(27,28)9-11-2-13(22)6-15(24)4-11;21-12-5-10(1-3-14(12)23)8-19(25,26)29-16(31)7-17(32)30(18(29)33)20(27,28)9-11-2-4-15(24)13(22)6-11/h1-7H,8-10H2;1-8H,9-11H2;2*1-6H,7-9H2. The molecule has 0 N–H and O–H groups in total. The molecule has 0 aliphatic carbocycles. The van der Waals surface area contributed by atoms with Gasteiger partial charge in [0.2, 0.25) is 47.3 Å². The average Bonchev–Trinajstić information content (AvgIpc) is 0.757. The summed E-state index contributed by atoms with van der Waals surface area (Å²) < 4.78 is 380. The summed E-state index contributed by atoms with van der Waals surface area (Å²) in [5, 5.41) is -1.88. The van der Waals surface area contributed by atoms with Gasteiger partial charge in [0.25, 0.3) is 11.8 Å². The third-order valence-corrected chi connectivity index (χ3v) is 20.5. The van der Waals surface area contributed by atoms with Gasteiger partial charge in [-0.05, 0) is 149 Å². The van der Waals surface area contributed by atoms with Crippen molar-refractivity contribution in [3.63, 3.8) is 0 Å². The molecule has 4 aliphatic rings. The fourth-order valence-corrected chi connectivity index (χ4v) is 14.5. The zero-order chi connectivity index (χ0) is 101.